The highest BCUT2D eigenvalue weighted by Gasteiger charge is 2.56. The Morgan fingerprint density at radius 1 is 1.38 bits per heavy atom. The molecular formula is C16H18ClF3N2O2. The van der Waals surface area contributed by atoms with Crippen LogP contribution in [0.4, 0.5) is 13.2 Å². The minimum absolute atomic E-state index is 0.0169. The van der Waals surface area contributed by atoms with Gasteiger partial charge in [0.15, 0.2) is 0 Å². The van der Waals surface area contributed by atoms with Crippen LogP contribution in [0.1, 0.15) is 30.6 Å². The molecule has 1 aliphatic rings. The van der Waals surface area contributed by atoms with E-state index in [9.17, 15) is 22.8 Å². The molecule has 1 saturated heterocycles. The van der Waals surface area contributed by atoms with Crippen LogP contribution in [0.15, 0.2) is 24.3 Å². The number of carbonyl (C=O) groups excluding carboxylic acids is 2. The number of likely N-dealkylation sites (tertiary alicyclic amines) is 1. The second-order valence-electron chi connectivity index (χ2n) is 6.27. The van der Waals surface area contributed by atoms with Crippen LogP contribution in [0.25, 0.3) is 0 Å². The second-order valence-corrected chi connectivity index (χ2v) is 6.71. The zero-order valence-electron chi connectivity index (χ0n) is 13.3. The lowest BCUT2D eigenvalue weighted by Crippen LogP contribution is -2.52. The highest BCUT2D eigenvalue weighted by atomic mass is 35.5. The van der Waals surface area contributed by atoms with Gasteiger partial charge in [0.1, 0.15) is 0 Å². The van der Waals surface area contributed by atoms with Crippen LogP contribution in [-0.4, -0.2) is 41.5 Å². The number of carbonyl (C=O) groups is 2. The summed E-state index contributed by atoms with van der Waals surface area (Å²) in [6.45, 7) is 2.45. The number of hydrogen-bond donors (Lipinski definition) is 1. The van der Waals surface area contributed by atoms with E-state index in [1.807, 2.05) is 0 Å². The average Bonchev–Trinajstić information content (AvgIpc) is 2.79. The predicted octanol–water partition coefficient (Wildman–Crippen LogP) is 3.26. The number of nitrogens with zero attached hydrogens (tertiary/aromatic N) is 1. The fourth-order valence-electron chi connectivity index (χ4n) is 3.08. The minimum Gasteiger partial charge on any atom is -0.343 e. The molecule has 0 spiro atoms. The van der Waals surface area contributed by atoms with Crippen LogP contribution in [0.2, 0.25) is 5.02 Å². The molecule has 4 nitrogen and oxygen atoms in total. The molecule has 2 amide bonds. The van der Waals surface area contributed by atoms with Crippen molar-refractivity contribution >= 4 is 23.4 Å². The van der Waals surface area contributed by atoms with Crippen molar-refractivity contribution in [1.82, 2.24) is 10.2 Å². The van der Waals surface area contributed by atoms with Gasteiger partial charge in [-0.3, -0.25) is 9.59 Å². The summed E-state index contributed by atoms with van der Waals surface area (Å²) in [4.78, 5) is 25.4. The lowest BCUT2D eigenvalue weighted by Gasteiger charge is -2.36. The highest BCUT2D eigenvalue weighted by Crippen LogP contribution is 2.44. The molecule has 1 aromatic carbocycles. The smallest absolute Gasteiger partial charge is 0.343 e. The summed E-state index contributed by atoms with van der Waals surface area (Å²) < 4.78 is 39.1. The summed E-state index contributed by atoms with van der Waals surface area (Å²) in [5.41, 5.74) is -1.06. The first-order valence-corrected chi connectivity index (χ1v) is 7.82. The van der Waals surface area contributed by atoms with Crippen LogP contribution < -0.4 is 5.32 Å². The average molecular weight is 363 g/mol. The van der Waals surface area contributed by atoms with Crippen LogP contribution >= 0.6 is 11.6 Å². The third kappa shape index (κ3) is 3.83. The van der Waals surface area contributed by atoms with Gasteiger partial charge in [0.2, 0.25) is 5.91 Å². The number of halogens is 4. The van der Waals surface area contributed by atoms with Crippen molar-refractivity contribution in [1.29, 1.82) is 0 Å². The third-order valence-corrected chi connectivity index (χ3v) is 4.61. The molecule has 1 fully saturated rings. The maximum Gasteiger partial charge on any atom is 0.394 e. The van der Waals surface area contributed by atoms with Gasteiger partial charge in [-0.15, -0.1) is 0 Å². The minimum atomic E-state index is -4.36. The van der Waals surface area contributed by atoms with E-state index in [1.54, 1.807) is 12.1 Å². The van der Waals surface area contributed by atoms with E-state index >= 15 is 0 Å². The van der Waals surface area contributed by atoms with Gasteiger partial charge in [0.25, 0.3) is 5.91 Å². The number of rotatable bonds is 3. The lowest BCUT2D eigenvalue weighted by atomic mass is 9.88. The molecule has 1 aliphatic heterocycles. The summed E-state index contributed by atoms with van der Waals surface area (Å²) in [5, 5.41) is 2.80. The molecule has 0 bridgehead atoms. The summed E-state index contributed by atoms with van der Waals surface area (Å²) in [7, 11) is 0. The van der Waals surface area contributed by atoms with Crippen molar-refractivity contribution in [2.75, 3.05) is 13.1 Å². The fraction of sp³-hybridized carbons (Fsp3) is 0.500. The Bertz CT molecular complexity index is 646. The van der Waals surface area contributed by atoms with E-state index < -0.39 is 29.4 Å². The van der Waals surface area contributed by atoms with Crippen LogP contribution in [0.3, 0.4) is 0 Å². The number of alkyl halides is 3. The Hall–Kier alpha value is -1.76. The van der Waals surface area contributed by atoms with Crippen LogP contribution in [0, 0.1) is 5.92 Å². The van der Waals surface area contributed by atoms with E-state index in [2.05, 4.69) is 5.32 Å². The van der Waals surface area contributed by atoms with Gasteiger partial charge in [-0.1, -0.05) is 17.7 Å². The number of amides is 2. The van der Waals surface area contributed by atoms with Gasteiger partial charge in [0, 0.05) is 22.7 Å². The van der Waals surface area contributed by atoms with Crippen molar-refractivity contribution in [3.8, 4) is 0 Å². The highest BCUT2D eigenvalue weighted by molar-refractivity contribution is 6.30. The van der Waals surface area contributed by atoms with Crippen molar-refractivity contribution in [2.24, 2.45) is 5.92 Å². The molecule has 1 N–H and O–H groups in total. The normalized spacial score (nSPS) is 20.1. The van der Waals surface area contributed by atoms with Gasteiger partial charge < -0.3 is 10.2 Å². The summed E-state index contributed by atoms with van der Waals surface area (Å²) in [6, 6.07) is 6.18. The third-order valence-electron chi connectivity index (χ3n) is 4.37. The van der Waals surface area contributed by atoms with E-state index in [0.29, 0.717) is 5.02 Å². The quantitative estimate of drug-likeness (QED) is 0.897. The Morgan fingerprint density at radius 2 is 2.04 bits per heavy atom. The molecule has 1 aromatic rings. The molecule has 8 heteroatoms. The second kappa shape index (κ2) is 6.63. The predicted molar refractivity (Wildman–Crippen MR) is 83.7 cm³/mol. The molecule has 1 unspecified atom stereocenters. The van der Waals surface area contributed by atoms with Crippen molar-refractivity contribution in [3.05, 3.63) is 34.9 Å². The maximum absolute atomic E-state index is 13.0. The summed E-state index contributed by atoms with van der Waals surface area (Å²) >= 11 is 5.79. The molecule has 2 rings (SSSR count). The van der Waals surface area contributed by atoms with Gasteiger partial charge in [-0.2, -0.15) is 13.2 Å². The van der Waals surface area contributed by atoms with E-state index in [4.69, 9.17) is 11.6 Å². The molecule has 0 saturated carbocycles. The van der Waals surface area contributed by atoms with Crippen molar-refractivity contribution in [3.63, 3.8) is 0 Å². The van der Waals surface area contributed by atoms with Gasteiger partial charge in [-0.25, -0.2) is 0 Å². The fourth-order valence-corrected chi connectivity index (χ4v) is 3.27. The zero-order valence-corrected chi connectivity index (χ0v) is 14.0. The van der Waals surface area contributed by atoms with E-state index in [0.717, 1.165) is 0 Å². The molecule has 0 aliphatic carbocycles. The molecule has 24 heavy (non-hydrogen) atoms. The first kappa shape index (κ1) is 18.6. The Balaban J connectivity index is 1.99. The molecule has 0 radical (unpaired) electrons. The molecular weight excluding hydrogens is 345 g/mol. The lowest BCUT2D eigenvalue weighted by molar-refractivity contribution is -0.192. The Morgan fingerprint density at radius 3 is 2.58 bits per heavy atom. The summed E-state index contributed by atoms with van der Waals surface area (Å²) in [6.07, 6.45) is -4.49. The van der Waals surface area contributed by atoms with E-state index in [-0.39, 0.29) is 25.1 Å². The van der Waals surface area contributed by atoms with Gasteiger partial charge in [0.05, 0.1) is 12.5 Å². The molecule has 1 atom stereocenters. The first-order chi connectivity index (χ1) is 11.0. The monoisotopic (exact) mass is 362 g/mol. The van der Waals surface area contributed by atoms with Gasteiger partial charge in [-0.05, 0) is 38.5 Å². The maximum atomic E-state index is 13.0. The number of hydrogen-bond acceptors (Lipinski definition) is 2. The zero-order chi connectivity index (χ0) is 18.1. The van der Waals surface area contributed by atoms with Crippen LogP contribution in [-0.2, 0) is 4.79 Å². The standard InChI is InChI=1S/C16H18ClF3N2O2/c1-15(2)12(16(18,19)20)6-7-22(15)13(23)9-21-14(24)10-4-3-5-11(17)8-10/h3-5,8,12H,6-7,9H2,1-2H3,(H,21,24). The summed E-state index contributed by atoms with van der Waals surface area (Å²) in [5.74, 6) is -2.62. The first-order valence-electron chi connectivity index (χ1n) is 7.44. The Labute approximate surface area is 143 Å². The van der Waals surface area contributed by atoms with Crippen molar-refractivity contribution < 1.29 is 22.8 Å². The molecule has 0 aromatic heterocycles. The van der Waals surface area contributed by atoms with Crippen LogP contribution in [0.5, 0.6) is 0 Å². The Kier molecular flexibility index (Phi) is 5.13. The molecule has 132 valence electrons. The SMILES string of the molecule is CC1(C)C(C(F)(F)F)CCN1C(=O)CNC(=O)c1cccc(Cl)c1. The number of nitrogens with one attached hydrogen (secondary N) is 1. The largest absolute Gasteiger partial charge is 0.394 e. The van der Waals surface area contributed by atoms with Crippen molar-refractivity contribution in [2.45, 2.75) is 32.0 Å². The topological polar surface area (TPSA) is 49.4 Å². The molecule has 1 heterocycles. The number of benzene rings is 1. The van der Waals surface area contributed by atoms with E-state index in [1.165, 1.54) is 30.9 Å². The van der Waals surface area contributed by atoms with Gasteiger partial charge >= 0.3 is 6.18 Å².